The van der Waals surface area contributed by atoms with Crippen LogP contribution in [0.1, 0.15) is 44.3 Å². The van der Waals surface area contributed by atoms with Gasteiger partial charge in [-0.05, 0) is 45.6 Å². The molecular formula is C18H30ClN3O2. The number of Topliss-reactive ketones (excluding diaryl/α,β-unsaturated/α-hetero) is 1. The number of ketones is 1. The maximum atomic E-state index is 13.2. The second-order valence-electron chi connectivity index (χ2n) is 7.58. The summed E-state index contributed by atoms with van der Waals surface area (Å²) in [4.78, 5) is 20.0. The van der Waals surface area contributed by atoms with E-state index in [0.717, 1.165) is 18.8 Å². The van der Waals surface area contributed by atoms with E-state index in [1.165, 1.54) is 32.1 Å². The van der Waals surface area contributed by atoms with Crippen LogP contribution in [0.5, 0.6) is 0 Å². The van der Waals surface area contributed by atoms with Crippen molar-refractivity contribution in [2.75, 3.05) is 7.05 Å². The maximum absolute atomic E-state index is 13.2. The molecule has 0 spiro atoms. The fourth-order valence-corrected chi connectivity index (χ4v) is 5.43. The van der Waals surface area contributed by atoms with Crippen molar-refractivity contribution in [2.45, 2.75) is 64.1 Å². The maximum Gasteiger partial charge on any atom is 0.142 e. The van der Waals surface area contributed by atoms with Gasteiger partial charge in [-0.2, -0.15) is 0 Å². The minimum atomic E-state index is 0. The molecule has 5 atom stereocenters. The van der Waals surface area contributed by atoms with Gasteiger partial charge in [0.1, 0.15) is 11.6 Å². The Bertz CT molecular complexity index is 576. The van der Waals surface area contributed by atoms with E-state index in [1.54, 1.807) is 0 Å². The summed E-state index contributed by atoms with van der Waals surface area (Å²) in [5, 5.41) is 0. The van der Waals surface area contributed by atoms with Gasteiger partial charge in [0.05, 0.1) is 0 Å². The molecule has 1 saturated heterocycles. The Morgan fingerprint density at radius 3 is 2.62 bits per heavy atom. The Kier molecular flexibility index (Phi) is 6.10. The molecule has 3 aliphatic rings. The molecule has 5 unspecified atom stereocenters. The molecule has 0 bridgehead atoms. The van der Waals surface area contributed by atoms with Crippen LogP contribution in [-0.4, -0.2) is 44.8 Å². The number of nitrogens with zero attached hydrogens (tertiary/aromatic N) is 3. The zero-order valence-electron chi connectivity index (χ0n) is 14.6. The molecule has 3 fully saturated rings. The zero-order chi connectivity index (χ0) is 15.3. The number of aryl methyl sites for hydroxylation is 1. The number of imidazole rings is 1. The Morgan fingerprint density at radius 2 is 1.92 bits per heavy atom. The Morgan fingerprint density at radius 1 is 1.17 bits per heavy atom. The largest absolute Gasteiger partial charge is 0.412 e. The third kappa shape index (κ3) is 3.02. The SMILES string of the molecule is Cc1nccn1CC1CCC2C(C1=O)C1CCCCC1N2C.Cl.O. The predicted molar refractivity (Wildman–Crippen MR) is 96.3 cm³/mol. The Hall–Kier alpha value is -0.910. The lowest BCUT2D eigenvalue weighted by molar-refractivity contribution is -0.132. The van der Waals surface area contributed by atoms with Crippen LogP contribution in [0.4, 0.5) is 0 Å². The lowest BCUT2D eigenvalue weighted by Gasteiger charge is -2.34. The molecule has 1 aliphatic heterocycles. The monoisotopic (exact) mass is 355 g/mol. The molecule has 1 aromatic heterocycles. The summed E-state index contributed by atoms with van der Waals surface area (Å²) in [6.07, 6.45) is 11.3. The van der Waals surface area contributed by atoms with Gasteiger partial charge in [-0.15, -0.1) is 12.4 Å². The molecule has 0 aromatic carbocycles. The third-order valence-electron chi connectivity index (χ3n) is 6.59. The summed E-state index contributed by atoms with van der Waals surface area (Å²) in [7, 11) is 2.27. The van der Waals surface area contributed by atoms with Crippen molar-refractivity contribution in [1.82, 2.24) is 14.5 Å². The highest BCUT2D eigenvalue weighted by molar-refractivity contribution is 5.86. The van der Waals surface area contributed by atoms with Crippen LogP contribution in [0.3, 0.4) is 0 Å². The molecule has 2 N–H and O–H groups in total. The van der Waals surface area contributed by atoms with Crippen molar-refractivity contribution in [1.29, 1.82) is 0 Å². The number of carbonyl (C=O) groups excluding carboxylic acids is 1. The number of likely N-dealkylation sites (tertiary alicyclic amines) is 1. The predicted octanol–water partition coefficient (Wildman–Crippen LogP) is 2.26. The normalized spacial score (nSPS) is 35.6. The van der Waals surface area contributed by atoms with E-state index >= 15 is 0 Å². The van der Waals surface area contributed by atoms with Crippen LogP contribution in [0.15, 0.2) is 12.4 Å². The van der Waals surface area contributed by atoms with Crippen molar-refractivity contribution in [3.05, 3.63) is 18.2 Å². The smallest absolute Gasteiger partial charge is 0.142 e. The minimum Gasteiger partial charge on any atom is -0.412 e. The van der Waals surface area contributed by atoms with Gasteiger partial charge in [-0.3, -0.25) is 9.69 Å². The highest BCUT2D eigenvalue weighted by Gasteiger charge is 2.53. The van der Waals surface area contributed by atoms with Gasteiger partial charge in [-0.1, -0.05) is 12.8 Å². The van der Waals surface area contributed by atoms with Crippen LogP contribution in [0, 0.1) is 24.7 Å². The lowest BCUT2D eigenvalue weighted by atomic mass is 9.69. The molecule has 4 rings (SSSR count). The first kappa shape index (κ1) is 19.4. The number of fused-ring (bicyclic) bond motifs is 3. The fraction of sp³-hybridized carbons (Fsp3) is 0.778. The summed E-state index contributed by atoms with van der Waals surface area (Å²) >= 11 is 0. The van der Waals surface area contributed by atoms with E-state index in [0.29, 0.717) is 29.7 Å². The second-order valence-corrected chi connectivity index (χ2v) is 7.58. The van der Waals surface area contributed by atoms with Crippen LogP contribution in [0.2, 0.25) is 0 Å². The fourth-order valence-electron chi connectivity index (χ4n) is 5.43. The van der Waals surface area contributed by atoms with E-state index in [2.05, 4.69) is 21.5 Å². The first-order valence-corrected chi connectivity index (χ1v) is 8.90. The van der Waals surface area contributed by atoms with Gasteiger partial charge in [0.15, 0.2) is 0 Å². The standard InChI is InChI=1S/C18H27N3O.ClH.H2O/c1-12-19-9-10-21(12)11-13-7-8-16-17(18(13)22)14-5-3-4-6-15(14)20(16)2;;/h9-10,13-17H,3-8,11H2,1-2H3;1H;1H2. The average Bonchev–Trinajstić information content (AvgIpc) is 3.05. The van der Waals surface area contributed by atoms with Gasteiger partial charge in [0.25, 0.3) is 0 Å². The molecule has 5 nitrogen and oxygen atoms in total. The highest BCUT2D eigenvalue weighted by atomic mass is 35.5. The lowest BCUT2D eigenvalue weighted by Crippen LogP contribution is -2.43. The molecule has 6 heteroatoms. The first-order valence-electron chi connectivity index (χ1n) is 8.90. The summed E-state index contributed by atoms with van der Waals surface area (Å²) < 4.78 is 2.15. The van der Waals surface area contributed by atoms with Crippen molar-refractivity contribution in [3.63, 3.8) is 0 Å². The van der Waals surface area contributed by atoms with Gasteiger partial charge >= 0.3 is 0 Å². The van der Waals surface area contributed by atoms with E-state index in [-0.39, 0.29) is 23.8 Å². The average molecular weight is 356 g/mol. The highest BCUT2D eigenvalue weighted by Crippen LogP contribution is 2.48. The quantitative estimate of drug-likeness (QED) is 0.817. The molecule has 2 aliphatic carbocycles. The molecule has 0 amide bonds. The van der Waals surface area contributed by atoms with Crippen molar-refractivity contribution >= 4 is 18.2 Å². The van der Waals surface area contributed by atoms with Crippen LogP contribution >= 0.6 is 12.4 Å². The number of rotatable bonds is 2. The summed E-state index contributed by atoms with van der Waals surface area (Å²) in [5.41, 5.74) is 0. The number of aromatic nitrogens is 2. The molecule has 24 heavy (non-hydrogen) atoms. The summed E-state index contributed by atoms with van der Waals surface area (Å²) in [6.45, 7) is 2.85. The number of carbonyl (C=O) groups is 1. The van der Waals surface area contributed by atoms with Crippen LogP contribution < -0.4 is 0 Å². The molecule has 0 radical (unpaired) electrons. The second kappa shape index (κ2) is 7.54. The number of hydrogen-bond acceptors (Lipinski definition) is 3. The molecule has 2 saturated carbocycles. The third-order valence-corrected chi connectivity index (χ3v) is 6.59. The molecule has 136 valence electrons. The molecular weight excluding hydrogens is 326 g/mol. The minimum absolute atomic E-state index is 0. The van der Waals surface area contributed by atoms with Crippen molar-refractivity contribution in [2.24, 2.45) is 17.8 Å². The van der Waals surface area contributed by atoms with Gasteiger partial charge in [0.2, 0.25) is 0 Å². The van der Waals surface area contributed by atoms with Gasteiger partial charge < -0.3 is 10.0 Å². The number of halogens is 1. The molecule has 1 aromatic rings. The van der Waals surface area contributed by atoms with Crippen molar-refractivity contribution in [3.8, 4) is 0 Å². The van der Waals surface area contributed by atoms with Crippen LogP contribution in [-0.2, 0) is 11.3 Å². The van der Waals surface area contributed by atoms with E-state index in [4.69, 9.17) is 0 Å². The van der Waals surface area contributed by atoms with E-state index in [1.807, 2.05) is 19.3 Å². The number of hydrogen-bond donors (Lipinski definition) is 0. The van der Waals surface area contributed by atoms with Gasteiger partial charge in [0, 0.05) is 42.9 Å². The summed E-state index contributed by atoms with van der Waals surface area (Å²) in [5.74, 6) is 2.70. The Balaban J connectivity index is 0.00000104. The zero-order valence-corrected chi connectivity index (χ0v) is 15.5. The molecule has 2 heterocycles. The topological polar surface area (TPSA) is 69.6 Å². The first-order chi connectivity index (χ1) is 10.7. The summed E-state index contributed by atoms with van der Waals surface area (Å²) in [6, 6.07) is 1.18. The van der Waals surface area contributed by atoms with E-state index in [9.17, 15) is 4.79 Å². The van der Waals surface area contributed by atoms with E-state index < -0.39 is 0 Å². The van der Waals surface area contributed by atoms with Crippen molar-refractivity contribution < 1.29 is 10.3 Å². The van der Waals surface area contributed by atoms with Gasteiger partial charge in [-0.25, -0.2) is 4.98 Å². The van der Waals surface area contributed by atoms with Crippen LogP contribution in [0.25, 0.3) is 0 Å². The Labute approximate surface area is 150 Å².